The van der Waals surface area contributed by atoms with Crippen LogP contribution in [0.2, 0.25) is 0 Å². The predicted octanol–water partition coefficient (Wildman–Crippen LogP) is 1.97. The van der Waals surface area contributed by atoms with Gasteiger partial charge in [0.2, 0.25) is 5.91 Å². The molecule has 1 saturated carbocycles. The van der Waals surface area contributed by atoms with Crippen molar-refractivity contribution in [1.29, 1.82) is 0 Å². The number of hydrogen-bond acceptors (Lipinski definition) is 4. The molecule has 2 atom stereocenters. The van der Waals surface area contributed by atoms with Crippen LogP contribution in [0, 0.1) is 16.7 Å². The van der Waals surface area contributed by atoms with Crippen LogP contribution in [0.3, 0.4) is 0 Å². The Bertz CT molecular complexity index is 474. The first-order valence-electron chi connectivity index (χ1n) is 8.09. The number of nitrogens with zero attached hydrogens (tertiary/aromatic N) is 1. The Morgan fingerprint density at radius 1 is 1.18 bits per heavy atom. The van der Waals surface area contributed by atoms with Gasteiger partial charge >= 0.3 is 5.97 Å². The molecule has 1 N–H and O–H groups in total. The lowest BCUT2D eigenvalue weighted by molar-refractivity contribution is -0.174. The van der Waals surface area contributed by atoms with Gasteiger partial charge in [0.15, 0.2) is 0 Å². The molecule has 0 radical (unpaired) electrons. The molecule has 1 aliphatic heterocycles. The molecule has 0 aromatic heterocycles. The Kier molecular flexibility index (Phi) is 4.10. The maximum absolute atomic E-state index is 12.7. The van der Waals surface area contributed by atoms with Crippen molar-refractivity contribution in [2.24, 2.45) is 16.7 Å². The molecule has 2 fully saturated rings. The summed E-state index contributed by atoms with van der Waals surface area (Å²) in [6, 6.07) is 0. The average Bonchev–Trinajstić information content (AvgIpc) is 2.55. The van der Waals surface area contributed by atoms with Gasteiger partial charge in [0.25, 0.3) is 0 Å². The van der Waals surface area contributed by atoms with Crippen molar-refractivity contribution in [3.05, 3.63) is 0 Å². The van der Waals surface area contributed by atoms with E-state index < -0.39 is 22.5 Å². The topological polar surface area (TPSA) is 66.8 Å². The van der Waals surface area contributed by atoms with Gasteiger partial charge in [0.1, 0.15) is 5.60 Å². The Morgan fingerprint density at radius 2 is 1.73 bits per heavy atom. The highest BCUT2D eigenvalue weighted by atomic mass is 16.6. The zero-order valence-electron chi connectivity index (χ0n) is 14.6. The normalized spacial score (nSPS) is 31.8. The van der Waals surface area contributed by atoms with Crippen LogP contribution in [0.5, 0.6) is 0 Å². The summed E-state index contributed by atoms with van der Waals surface area (Å²) in [7, 11) is 0. The van der Waals surface area contributed by atoms with Crippen LogP contribution in [0.1, 0.15) is 54.4 Å². The molecule has 5 heteroatoms. The highest BCUT2D eigenvalue weighted by molar-refractivity contribution is 5.85. The average molecular weight is 311 g/mol. The van der Waals surface area contributed by atoms with Gasteiger partial charge in [-0.2, -0.15) is 0 Å². The van der Waals surface area contributed by atoms with E-state index in [1.54, 1.807) is 4.90 Å². The van der Waals surface area contributed by atoms with E-state index in [2.05, 4.69) is 0 Å². The summed E-state index contributed by atoms with van der Waals surface area (Å²) in [5.74, 6) is -0.357. The van der Waals surface area contributed by atoms with Crippen molar-refractivity contribution in [1.82, 2.24) is 4.90 Å². The summed E-state index contributed by atoms with van der Waals surface area (Å²) in [5, 5.41) is 9.39. The van der Waals surface area contributed by atoms with Gasteiger partial charge in [-0.3, -0.25) is 9.59 Å². The third-order valence-corrected chi connectivity index (χ3v) is 5.55. The molecule has 0 spiro atoms. The number of likely N-dealkylation sites (tertiary alicyclic amines) is 1. The van der Waals surface area contributed by atoms with Gasteiger partial charge in [-0.25, -0.2) is 0 Å². The smallest absolute Gasteiger partial charge is 0.312 e. The van der Waals surface area contributed by atoms with Gasteiger partial charge in [-0.1, -0.05) is 13.8 Å². The van der Waals surface area contributed by atoms with E-state index in [9.17, 15) is 14.7 Å². The lowest BCUT2D eigenvalue weighted by Crippen LogP contribution is -2.57. The first-order chi connectivity index (χ1) is 9.88. The largest absolute Gasteiger partial charge is 0.460 e. The van der Waals surface area contributed by atoms with E-state index in [0.717, 1.165) is 0 Å². The Labute approximate surface area is 133 Å². The monoisotopic (exact) mass is 311 g/mol. The Balaban J connectivity index is 2.16. The highest BCUT2D eigenvalue weighted by Gasteiger charge is 2.60. The number of carbonyl (C=O) groups is 2. The second kappa shape index (κ2) is 5.22. The second-order valence-electron chi connectivity index (χ2n) is 8.54. The van der Waals surface area contributed by atoms with Crippen molar-refractivity contribution < 1.29 is 19.4 Å². The summed E-state index contributed by atoms with van der Waals surface area (Å²) in [5.41, 5.74) is -1.66. The minimum atomic E-state index is -0.663. The maximum Gasteiger partial charge on any atom is 0.312 e. The molecule has 22 heavy (non-hydrogen) atoms. The number of ether oxygens (including phenoxy) is 1. The van der Waals surface area contributed by atoms with Gasteiger partial charge in [-0.05, 0) is 46.0 Å². The molecule has 1 saturated heterocycles. The molecule has 126 valence electrons. The molecule has 2 rings (SSSR count). The third-order valence-electron chi connectivity index (χ3n) is 5.55. The van der Waals surface area contributed by atoms with E-state index in [1.165, 1.54) is 0 Å². The molecular weight excluding hydrogens is 282 g/mol. The Hall–Kier alpha value is -1.10. The van der Waals surface area contributed by atoms with Crippen molar-refractivity contribution in [3.8, 4) is 0 Å². The van der Waals surface area contributed by atoms with Gasteiger partial charge < -0.3 is 14.7 Å². The summed E-state index contributed by atoms with van der Waals surface area (Å²) < 4.78 is 5.60. The van der Waals surface area contributed by atoms with Gasteiger partial charge in [0, 0.05) is 19.0 Å². The van der Waals surface area contributed by atoms with Crippen LogP contribution in [0.4, 0.5) is 0 Å². The first-order valence-corrected chi connectivity index (χ1v) is 8.09. The molecule has 5 nitrogen and oxygen atoms in total. The fraction of sp³-hybridized carbons (Fsp3) is 0.882. The molecule has 1 amide bonds. The minimum Gasteiger partial charge on any atom is -0.460 e. The fourth-order valence-corrected chi connectivity index (χ4v) is 3.54. The molecule has 0 aromatic carbocycles. The van der Waals surface area contributed by atoms with Crippen molar-refractivity contribution in [3.63, 3.8) is 0 Å². The standard InChI is InChI=1S/C17H29NO4/c1-15(2,3)22-14(21)17(6)8-7-12(16(17,4)5)13(20)18-9-11(19)10-18/h11-12,19H,7-10H2,1-6H3/t12-,17+/m1/s1. The second-order valence-corrected chi connectivity index (χ2v) is 8.54. The van der Waals surface area contributed by atoms with Crippen molar-refractivity contribution in [2.75, 3.05) is 13.1 Å². The van der Waals surface area contributed by atoms with Gasteiger partial charge in [0.05, 0.1) is 11.5 Å². The number of aliphatic hydroxyl groups is 1. The molecule has 0 aromatic rings. The number of β-amino-alcohol motifs (C(OH)–C–C–N with tert-alkyl or cyclic N) is 1. The summed E-state index contributed by atoms with van der Waals surface area (Å²) in [6.07, 6.45) is 0.946. The minimum absolute atomic E-state index is 0.0579. The lowest BCUT2D eigenvalue weighted by atomic mass is 9.65. The lowest BCUT2D eigenvalue weighted by Gasteiger charge is -2.44. The Morgan fingerprint density at radius 3 is 2.18 bits per heavy atom. The van der Waals surface area contributed by atoms with Crippen LogP contribution in [0.15, 0.2) is 0 Å². The van der Waals surface area contributed by atoms with E-state index in [-0.39, 0.29) is 17.8 Å². The number of aliphatic hydroxyl groups excluding tert-OH is 1. The van der Waals surface area contributed by atoms with E-state index >= 15 is 0 Å². The number of hydrogen-bond donors (Lipinski definition) is 1. The maximum atomic E-state index is 12.7. The fourth-order valence-electron chi connectivity index (χ4n) is 3.54. The predicted molar refractivity (Wildman–Crippen MR) is 83.0 cm³/mol. The van der Waals surface area contributed by atoms with E-state index in [0.29, 0.717) is 25.9 Å². The zero-order chi connectivity index (χ0) is 16.9. The van der Waals surface area contributed by atoms with E-state index in [1.807, 2.05) is 41.5 Å². The molecule has 1 heterocycles. The molecule has 1 aliphatic carbocycles. The highest BCUT2D eigenvalue weighted by Crippen LogP contribution is 2.57. The van der Waals surface area contributed by atoms with Crippen LogP contribution >= 0.6 is 0 Å². The zero-order valence-corrected chi connectivity index (χ0v) is 14.6. The van der Waals surface area contributed by atoms with Crippen molar-refractivity contribution >= 4 is 11.9 Å². The number of amides is 1. The quantitative estimate of drug-likeness (QED) is 0.792. The van der Waals surface area contributed by atoms with Crippen LogP contribution in [-0.4, -0.2) is 46.7 Å². The summed E-state index contributed by atoms with van der Waals surface area (Å²) in [6.45, 7) is 12.3. The number of carbonyl (C=O) groups excluding carboxylic acids is 2. The molecule has 0 bridgehead atoms. The number of rotatable bonds is 2. The summed E-state index contributed by atoms with van der Waals surface area (Å²) in [4.78, 5) is 27.0. The van der Waals surface area contributed by atoms with E-state index in [4.69, 9.17) is 4.74 Å². The summed E-state index contributed by atoms with van der Waals surface area (Å²) >= 11 is 0. The van der Waals surface area contributed by atoms with Gasteiger partial charge in [-0.15, -0.1) is 0 Å². The van der Waals surface area contributed by atoms with Crippen LogP contribution in [0.25, 0.3) is 0 Å². The van der Waals surface area contributed by atoms with Crippen LogP contribution in [-0.2, 0) is 14.3 Å². The molecule has 0 unspecified atom stereocenters. The molecular formula is C17H29NO4. The SMILES string of the molecule is CC(C)(C)OC(=O)[C@]1(C)CC[C@H](C(=O)N2CC(O)C2)C1(C)C. The van der Waals surface area contributed by atoms with Crippen LogP contribution < -0.4 is 0 Å². The number of esters is 1. The molecule has 2 aliphatic rings. The van der Waals surface area contributed by atoms with Crippen molar-refractivity contribution in [2.45, 2.75) is 66.1 Å². The third kappa shape index (κ3) is 2.75. The first kappa shape index (κ1) is 17.3.